The molecule has 0 aromatic carbocycles. The van der Waals surface area contributed by atoms with Gasteiger partial charge in [0, 0.05) is 55.2 Å². The van der Waals surface area contributed by atoms with E-state index < -0.39 is 0 Å². The Morgan fingerprint density at radius 3 is 2.57 bits per heavy atom. The van der Waals surface area contributed by atoms with Crippen LogP contribution in [0.15, 0.2) is 42.9 Å². The molecule has 6 rings (SSSR count). The van der Waals surface area contributed by atoms with Crippen molar-refractivity contribution in [2.24, 2.45) is 5.92 Å². The Hall–Kier alpha value is -3.40. The molecule has 3 aliphatic rings. The second kappa shape index (κ2) is 6.56. The van der Waals surface area contributed by atoms with Crippen LogP contribution in [0, 0.1) is 17.2 Å². The van der Waals surface area contributed by atoms with Gasteiger partial charge < -0.3 is 9.80 Å². The molecule has 30 heavy (non-hydrogen) atoms. The van der Waals surface area contributed by atoms with Crippen LogP contribution in [0.2, 0.25) is 0 Å². The SMILES string of the molecule is N#Cc1cc(-c2cc3c(N4CC5CCC(C4)N5C(=O)C4CC4)ccnn3c2)ccn1. The van der Waals surface area contributed by atoms with Crippen molar-refractivity contribution in [3.8, 4) is 17.2 Å². The highest BCUT2D eigenvalue weighted by atomic mass is 16.2. The van der Waals surface area contributed by atoms with E-state index in [0.29, 0.717) is 29.6 Å². The van der Waals surface area contributed by atoms with Crippen LogP contribution in [0.3, 0.4) is 0 Å². The number of pyridine rings is 1. The third-order valence-electron chi connectivity index (χ3n) is 6.70. The third kappa shape index (κ3) is 2.75. The summed E-state index contributed by atoms with van der Waals surface area (Å²) in [4.78, 5) is 21.4. The van der Waals surface area contributed by atoms with E-state index in [0.717, 1.165) is 61.1 Å². The summed E-state index contributed by atoms with van der Waals surface area (Å²) < 4.78 is 1.90. The highest BCUT2D eigenvalue weighted by Gasteiger charge is 2.46. The number of hydrogen-bond acceptors (Lipinski definition) is 5. The lowest BCUT2D eigenvalue weighted by atomic mass is 10.1. The fourth-order valence-corrected chi connectivity index (χ4v) is 5.10. The fraction of sp³-hybridized carbons (Fsp3) is 0.391. The summed E-state index contributed by atoms with van der Waals surface area (Å²) in [6.07, 6.45) is 9.83. The monoisotopic (exact) mass is 398 g/mol. The van der Waals surface area contributed by atoms with Gasteiger partial charge in [-0.05, 0) is 55.5 Å². The number of hydrogen-bond donors (Lipinski definition) is 0. The van der Waals surface area contributed by atoms with Gasteiger partial charge in [0.2, 0.25) is 5.91 Å². The minimum absolute atomic E-state index is 0.291. The smallest absolute Gasteiger partial charge is 0.226 e. The molecule has 2 aliphatic heterocycles. The second-order valence-electron chi connectivity index (χ2n) is 8.63. The molecule has 2 atom stereocenters. The normalized spacial score (nSPS) is 23.0. The number of carbonyl (C=O) groups is 1. The van der Waals surface area contributed by atoms with E-state index >= 15 is 0 Å². The highest BCUT2D eigenvalue weighted by molar-refractivity contribution is 5.83. The number of fused-ring (bicyclic) bond motifs is 3. The molecular weight excluding hydrogens is 376 g/mol. The number of aromatic nitrogens is 3. The fourth-order valence-electron chi connectivity index (χ4n) is 5.10. The van der Waals surface area contributed by atoms with Gasteiger partial charge in [0.15, 0.2) is 0 Å². The van der Waals surface area contributed by atoms with Gasteiger partial charge in [-0.15, -0.1) is 0 Å². The van der Waals surface area contributed by atoms with Crippen molar-refractivity contribution >= 4 is 17.1 Å². The molecule has 0 N–H and O–H groups in total. The number of rotatable bonds is 3. The molecule has 150 valence electrons. The molecule has 3 fully saturated rings. The molecule has 0 spiro atoms. The minimum atomic E-state index is 0.291. The number of carbonyl (C=O) groups excluding carboxylic acids is 1. The second-order valence-corrected chi connectivity index (χ2v) is 8.63. The van der Waals surface area contributed by atoms with E-state index in [4.69, 9.17) is 5.26 Å². The lowest BCUT2D eigenvalue weighted by Crippen LogP contribution is -2.56. The van der Waals surface area contributed by atoms with Crippen LogP contribution in [-0.4, -0.2) is 50.6 Å². The summed E-state index contributed by atoms with van der Waals surface area (Å²) in [5, 5.41) is 13.7. The Morgan fingerprint density at radius 1 is 1.03 bits per heavy atom. The first-order chi connectivity index (χ1) is 14.7. The maximum atomic E-state index is 12.8. The van der Waals surface area contributed by atoms with Crippen molar-refractivity contribution in [2.75, 3.05) is 18.0 Å². The van der Waals surface area contributed by atoms with Gasteiger partial charge >= 0.3 is 0 Å². The topological polar surface area (TPSA) is 77.5 Å². The molecule has 3 aromatic heterocycles. The molecular formula is C23H22N6O. The lowest BCUT2D eigenvalue weighted by molar-refractivity contribution is -0.135. The van der Waals surface area contributed by atoms with E-state index in [-0.39, 0.29) is 0 Å². The Morgan fingerprint density at radius 2 is 1.83 bits per heavy atom. The molecule has 2 bridgehead atoms. The van der Waals surface area contributed by atoms with Gasteiger partial charge in [-0.2, -0.15) is 10.4 Å². The van der Waals surface area contributed by atoms with Crippen LogP contribution in [0.25, 0.3) is 16.6 Å². The molecule has 2 saturated heterocycles. The summed E-state index contributed by atoms with van der Waals surface area (Å²) >= 11 is 0. The average molecular weight is 398 g/mol. The molecule has 5 heterocycles. The van der Waals surface area contributed by atoms with E-state index in [2.05, 4.69) is 38.1 Å². The lowest BCUT2D eigenvalue weighted by Gasteiger charge is -2.42. The highest BCUT2D eigenvalue weighted by Crippen LogP contribution is 2.39. The predicted octanol–water partition coefficient (Wildman–Crippen LogP) is 2.86. The van der Waals surface area contributed by atoms with Gasteiger partial charge in [0.1, 0.15) is 11.8 Å². The van der Waals surface area contributed by atoms with Crippen molar-refractivity contribution in [1.82, 2.24) is 19.5 Å². The third-order valence-corrected chi connectivity index (χ3v) is 6.70. The molecule has 3 aromatic rings. The number of anilines is 1. The first kappa shape index (κ1) is 17.5. The van der Waals surface area contributed by atoms with Crippen LogP contribution < -0.4 is 4.90 Å². The first-order valence-corrected chi connectivity index (χ1v) is 10.6. The summed E-state index contributed by atoms with van der Waals surface area (Å²) in [6, 6.07) is 10.7. The maximum Gasteiger partial charge on any atom is 0.226 e. The maximum absolute atomic E-state index is 12.8. The standard InChI is InChI=1S/C23H22N6O/c24-11-18-9-16(5-7-25-18)17-10-22-21(6-8-26-28(22)12-17)27-13-19-3-4-20(14-27)29(19)23(30)15-1-2-15/h5-10,12,15,19-20H,1-4,13-14H2. The Labute approximate surface area is 174 Å². The Balaban J connectivity index is 1.33. The summed E-state index contributed by atoms with van der Waals surface area (Å²) in [5.41, 5.74) is 4.58. The molecule has 0 radical (unpaired) electrons. The molecule has 7 nitrogen and oxygen atoms in total. The first-order valence-electron chi connectivity index (χ1n) is 10.6. The molecule has 1 amide bonds. The summed E-state index contributed by atoms with van der Waals surface area (Å²) in [6.45, 7) is 1.76. The zero-order chi connectivity index (χ0) is 20.2. The number of nitriles is 1. The van der Waals surface area contributed by atoms with Gasteiger partial charge in [-0.1, -0.05) is 0 Å². The van der Waals surface area contributed by atoms with Gasteiger partial charge in [-0.25, -0.2) is 9.50 Å². The van der Waals surface area contributed by atoms with E-state index in [1.807, 2.05) is 23.0 Å². The average Bonchev–Trinajstić information content (AvgIpc) is 3.48. The van der Waals surface area contributed by atoms with Crippen LogP contribution in [0.1, 0.15) is 31.4 Å². The van der Waals surface area contributed by atoms with Crippen LogP contribution in [0.5, 0.6) is 0 Å². The Kier molecular flexibility index (Phi) is 3.82. The summed E-state index contributed by atoms with van der Waals surface area (Å²) in [5.74, 6) is 0.678. The quantitative estimate of drug-likeness (QED) is 0.678. The summed E-state index contributed by atoms with van der Waals surface area (Å²) in [7, 11) is 0. The minimum Gasteiger partial charge on any atom is -0.366 e. The zero-order valence-corrected chi connectivity index (χ0v) is 16.6. The van der Waals surface area contributed by atoms with E-state index in [1.165, 1.54) is 0 Å². The van der Waals surface area contributed by atoms with Gasteiger partial charge in [0.05, 0.1) is 11.2 Å². The molecule has 7 heteroatoms. The van der Waals surface area contributed by atoms with Gasteiger partial charge in [0.25, 0.3) is 0 Å². The Bertz CT molecular complexity index is 1180. The number of amides is 1. The van der Waals surface area contributed by atoms with E-state index in [9.17, 15) is 4.79 Å². The van der Waals surface area contributed by atoms with E-state index in [1.54, 1.807) is 12.3 Å². The van der Waals surface area contributed by atoms with Crippen molar-refractivity contribution < 1.29 is 4.79 Å². The number of piperazine rings is 1. The zero-order valence-electron chi connectivity index (χ0n) is 16.6. The molecule has 1 aliphatic carbocycles. The van der Waals surface area contributed by atoms with Gasteiger partial charge in [-0.3, -0.25) is 4.79 Å². The van der Waals surface area contributed by atoms with Crippen LogP contribution in [-0.2, 0) is 4.79 Å². The van der Waals surface area contributed by atoms with Crippen molar-refractivity contribution in [3.05, 3.63) is 48.5 Å². The largest absolute Gasteiger partial charge is 0.366 e. The number of nitrogens with zero attached hydrogens (tertiary/aromatic N) is 6. The molecule has 1 saturated carbocycles. The van der Waals surface area contributed by atoms with Crippen molar-refractivity contribution in [2.45, 2.75) is 37.8 Å². The van der Waals surface area contributed by atoms with Crippen LogP contribution in [0.4, 0.5) is 5.69 Å². The predicted molar refractivity (Wildman–Crippen MR) is 112 cm³/mol. The molecule has 2 unspecified atom stereocenters. The van der Waals surface area contributed by atoms with Crippen molar-refractivity contribution in [1.29, 1.82) is 5.26 Å². The van der Waals surface area contributed by atoms with Crippen LogP contribution >= 0.6 is 0 Å². The van der Waals surface area contributed by atoms with Crippen molar-refractivity contribution in [3.63, 3.8) is 0 Å².